The number of aromatic nitrogens is 4. The fraction of sp³-hybridized carbons (Fsp3) is 0.353. The van der Waals surface area contributed by atoms with Crippen molar-refractivity contribution in [3.05, 3.63) is 46.4 Å². The molecule has 5 nitrogen and oxygen atoms in total. The first-order chi connectivity index (χ1) is 12.1. The summed E-state index contributed by atoms with van der Waals surface area (Å²) in [6.07, 6.45) is 6.14. The van der Waals surface area contributed by atoms with Gasteiger partial charge in [0.2, 0.25) is 5.13 Å². The van der Waals surface area contributed by atoms with Crippen LogP contribution in [0.25, 0.3) is 10.6 Å². The Kier molecular flexibility index (Phi) is 4.56. The van der Waals surface area contributed by atoms with Gasteiger partial charge >= 0.3 is 0 Å². The predicted octanol–water partition coefficient (Wildman–Crippen LogP) is 4.45. The third-order valence-electron chi connectivity index (χ3n) is 4.34. The molecule has 1 aromatic carbocycles. The quantitative estimate of drug-likeness (QED) is 0.626. The van der Waals surface area contributed by atoms with E-state index in [0.29, 0.717) is 16.6 Å². The van der Waals surface area contributed by atoms with E-state index in [1.54, 1.807) is 12.1 Å². The van der Waals surface area contributed by atoms with Crippen LogP contribution in [0.1, 0.15) is 24.4 Å². The lowest BCUT2D eigenvalue weighted by Gasteiger charge is -2.32. The molecule has 25 heavy (non-hydrogen) atoms. The van der Waals surface area contributed by atoms with E-state index in [1.165, 1.54) is 23.0 Å². The van der Waals surface area contributed by atoms with Crippen LogP contribution in [0.2, 0.25) is 0 Å². The molecule has 130 valence electrons. The zero-order chi connectivity index (χ0) is 17.4. The Morgan fingerprint density at radius 3 is 3.00 bits per heavy atom. The average molecular weight is 422 g/mol. The summed E-state index contributed by atoms with van der Waals surface area (Å²) in [6, 6.07) is 5.20. The number of benzene rings is 1. The molecular formula is C17H17BrFN5S. The lowest BCUT2D eigenvalue weighted by Crippen LogP contribution is -2.36. The molecule has 1 atom stereocenters. The van der Waals surface area contributed by atoms with E-state index in [4.69, 9.17) is 0 Å². The van der Waals surface area contributed by atoms with Crippen molar-refractivity contribution in [1.29, 1.82) is 0 Å². The van der Waals surface area contributed by atoms with Crippen LogP contribution in [0, 0.1) is 12.7 Å². The third-order valence-corrected chi connectivity index (χ3v) is 5.86. The maximum atomic E-state index is 14.1. The van der Waals surface area contributed by atoms with Crippen LogP contribution in [0.5, 0.6) is 0 Å². The second-order valence-corrected chi connectivity index (χ2v) is 8.13. The lowest BCUT2D eigenvalue weighted by atomic mass is 10.1. The summed E-state index contributed by atoms with van der Waals surface area (Å²) in [5.74, 6) is -0.283. The largest absolute Gasteiger partial charge is 0.345 e. The van der Waals surface area contributed by atoms with Gasteiger partial charge in [0.05, 0.1) is 12.2 Å². The van der Waals surface area contributed by atoms with Crippen molar-refractivity contribution in [1.82, 2.24) is 20.0 Å². The first-order valence-corrected chi connectivity index (χ1v) is 9.76. The molecule has 0 radical (unpaired) electrons. The summed E-state index contributed by atoms with van der Waals surface area (Å²) in [5.41, 5.74) is 1.65. The number of nitrogens with zero attached hydrogens (tertiary/aromatic N) is 5. The Bertz CT molecular complexity index is 893. The van der Waals surface area contributed by atoms with E-state index in [1.807, 2.05) is 17.8 Å². The van der Waals surface area contributed by atoms with E-state index in [-0.39, 0.29) is 5.82 Å². The average Bonchev–Trinajstić information content (AvgIpc) is 3.26. The van der Waals surface area contributed by atoms with E-state index in [0.717, 1.165) is 35.5 Å². The van der Waals surface area contributed by atoms with E-state index in [9.17, 15) is 4.39 Å². The fourth-order valence-corrected chi connectivity index (χ4v) is 4.35. The summed E-state index contributed by atoms with van der Waals surface area (Å²) < 4.78 is 17.0. The van der Waals surface area contributed by atoms with Crippen LogP contribution in [0.3, 0.4) is 0 Å². The first-order valence-electron chi connectivity index (χ1n) is 8.15. The summed E-state index contributed by atoms with van der Waals surface area (Å²) in [4.78, 5) is 2.22. The molecule has 0 N–H and O–H groups in total. The molecule has 4 rings (SSSR count). The van der Waals surface area contributed by atoms with Crippen LogP contribution in [-0.2, 0) is 0 Å². The molecule has 0 saturated carbocycles. The van der Waals surface area contributed by atoms with E-state index >= 15 is 0 Å². The van der Waals surface area contributed by atoms with Gasteiger partial charge in [-0.25, -0.2) is 4.39 Å². The summed E-state index contributed by atoms with van der Waals surface area (Å²) in [5, 5.41) is 14.4. The van der Waals surface area contributed by atoms with Gasteiger partial charge in [0.15, 0.2) is 5.01 Å². The molecule has 8 heteroatoms. The Morgan fingerprint density at radius 1 is 1.32 bits per heavy atom. The number of hydrogen-bond acceptors (Lipinski definition) is 5. The second kappa shape index (κ2) is 6.84. The standard InChI is InChI=1S/C17H17BrFN5S/c1-11-8-20-24(9-11)13-3-2-6-23(10-13)17-22-21-16(25-17)14-7-12(18)4-5-15(14)19/h4-5,7-9,13H,2-3,6,10H2,1H3. The van der Waals surface area contributed by atoms with Crippen molar-refractivity contribution in [3.63, 3.8) is 0 Å². The van der Waals surface area contributed by atoms with Gasteiger partial charge < -0.3 is 4.90 Å². The van der Waals surface area contributed by atoms with Crippen molar-refractivity contribution in [2.75, 3.05) is 18.0 Å². The van der Waals surface area contributed by atoms with Gasteiger partial charge in [-0.3, -0.25) is 4.68 Å². The van der Waals surface area contributed by atoms with Gasteiger partial charge in [0, 0.05) is 29.3 Å². The highest BCUT2D eigenvalue weighted by Gasteiger charge is 2.25. The van der Waals surface area contributed by atoms with Crippen LogP contribution < -0.4 is 4.90 Å². The monoisotopic (exact) mass is 421 g/mol. The maximum Gasteiger partial charge on any atom is 0.208 e. The highest BCUT2D eigenvalue weighted by molar-refractivity contribution is 9.10. The van der Waals surface area contributed by atoms with Gasteiger partial charge in [-0.2, -0.15) is 5.10 Å². The van der Waals surface area contributed by atoms with Gasteiger partial charge in [0.1, 0.15) is 5.82 Å². The van der Waals surface area contributed by atoms with E-state index < -0.39 is 0 Å². The van der Waals surface area contributed by atoms with Gasteiger partial charge in [-0.1, -0.05) is 27.3 Å². The molecule has 2 aromatic heterocycles. The molecule has 0 spiro atoms. The highest BCUT2D eigenvalue weighted by Crippen LogP contribution is 2.34. The molecular weight excluding hydrogens is 405 g/mol. The van der Waals surface area contributed by atoms with Crippen LogP contribution in [-0.4, -0.2) is 33.1 Å². The number of piperidine rings is 1. The zero-order valence-corrected chi connectivity index (χ0v) is 16.1. The van der Waals surface area contributed by atoms with Crippen molar-refractivity contribution >= 4 is 32.4 Å². The first kappa shape index (κ1) is 16.7. The molecule has 1 saturated heterocycles. The van der Waals surface area contributed by atoms with Crippen LogP contribution in [0.15, 0.2) is 35.1 Å². The minimum atomic E-state index is -0.283. The molecule has 0 amide bonds. The van der Waals surface area contributed by atoms with Crippen LogP contribution in [0.4, 0.5) is 9.52 Å². The molecule has 0 aliphatic carbocycles. The van der Waals surface area contributed by atoms with Crippen molar-refractivity contribution < 1.29 is 4.39 Å². The molecule has 1 aliphatic rings. The topological polar surface area (TPSA) is 46.8 Å². The summed E-state index contributed by atoms with van der Waals surface area (Å²) in [7, 11) is 0. The number of halogens is 2. The van der Waals surface area contributed by atoms with Crippen molar-refractivity contribution in [2.24, 2.45) is 0 Å². The normalized spacial score (nSPS) is 17.9. The minimum absolute atomic E-state index is 0.283. The second-order valence-electron chi connectivity index (χ2n) is 6.25. The summed E-state index contributed by atoms with van der Waals surface area (Å²) in [6.45, 7) is 3.83. The minimum Gasteiger partial charge on any atom is -0.345 e. The number of aryl methyl sites for hydroxylation is 1. The Balaban J connectivity index is 1.56. The molecule has 1 fully saturated rings. The third kappa shape index (κ3) is 3.46. The zero-order valence-electron chi connectivity index (χ0n) is 13.7. The van der Waals surface area contributed by atoms with Gasteiger partial charge in [-0.15, -0.1) is 10.2 Å². The van der Waals surface area contributed by atoms with Crippen molar-refractivity contribution in [2.45, 2.75) is 25.8 Å². The predicted molar refractivity (Wildman–Crippen MR) is 100 cm³/mol. The van der Waals surface area contributed by atoms with Crippen LogP contribution >= 0.6 is 27.3 Å². The molecule has 3 heterocycles. The van der Waals surface area contributed by atoms with Gasteiger partial charge in [-0.05, 0) is 43.5 Å². The Morgan fingerprint density at radius 2 is 2.20 bits per heavy atom. The lowest BCUT2D eigenvalue weighted by molar-refractivity contribution is 0.375. The number of anilines is 1. The van der Waals surface area contributed by atoms with Crippen molar-refractivity contribution in [3.8, 4) is 10.6 Å². The summed E-state index contributed by atoms with van der Waals surface area (Å²) >= 11 is 4.81. The fourth-order valence-electron chi connectivity index (χ4n) is 3.09. The Hall–Kier alpha value is -1.80. The van der Waals surface area contributed by atoms with Gasteiger partial charge in [0.25, 0.3) is 0 Å². The number of hydrogen-bond donors (Lipinski definition) is 0. The van der Waals surface area contributed by atoms with E-state index in [2.05, 4.69) is 42.3 Å². The Labute approximate surface area is 157 Å². The SMILES string of the molecule is Cc1cnn(C2CCCN(c3nnc(-c4cc(Br)ccc4F)s3)C2)c1. The number of rotatable bonds is 3. The smallest absolute Gasteiger partial charge is 0.208 e. The molecule has 3 aromatic rings. The molecule has 1 aliphatic heterocycles. The highest BCUT2D eigenvalue weighted by atomic mass is 79.9. The molecule has 0 bridgehead atoms. The molecule has 1 unspecified atom stereocenters. The maximum absolute atomic E-state index is 14.1.